The standard InChI is InChI=1S/C13H16BrFN2O/c1-8-4-10(16)7-17(6-8)13(18)11-5-9(15)2-3-12(11)14/h2-3,5,8,10H,4,6-7,16H2,1H3. The molecule has 1 fully saturated rings. The molecule has 0 aliphatic carbocycles. The summed E-state index contributed by atoms with van der Waals surface area (Å²) in [6.07, 6.45) is 0.925. The van der Waals surface area contributed by atoms with Crippen molar-refractivity contribution in [3.63, 3.8) is 0 Å². The van der Waals surface area contributed by atoms with Crippen molar-refractivity contribution in [1.82, 2.24) is 4.90 Å². The topological polar surface area (TPSA) is 46.3 Å². The Hall–Kier alpha value is -0.940. The Labute approximate surface area is 114 Å². The zero-order chi connectivity index (χ0) is 13.3. The molecule has 2 rings (SSSR count). The van der Waals surface area contributed by atoms with Gasteiger partial charge in [-0.1, -0.05) is 6.92 Å². The van der Waals surface area contributed by atoms with Crippen LogP contribution in [-0.2, 0) is 0 Å². The second kappa shape index (κ2) is 5.36. The molecule has 0 bridgehead atoms. The number of carbonyl (C=O) groups is 1. The van der Waals surface area contributed by atoms with Crippen LogP contribution in [0.3, 0.4) is 0 Å². The normalized spacial score (nSPS) is 24.1. The monoisotopic (exact) mass is 314 g/mol. The van der Waals surface area contributed by atoms with E-state index in [2.05, 4.69) is 22.9 Å². The third kappa shape index (κ3) is 2.90. The molecule has 2 atom stereocenters. The summed E-state index contributed by atoms with van der Waals surface area (Å²) >= 11 is 3.28. The van der Waals surface area contributed by atoms with Crippen molar-refractivity contribution < 1.29 is 9.18 Å². The van der Waals surface area contributed by atoms with Gasteiger partial charge in [0.1, 0.15) is 5.82 Å². The molecule has 2 unspecified atom stereocenters. The third-order valence-electron chi connectivity index (χ3n) is 3.14. The van der Waals surface area contributed by atoms with E-state index in [4.69, 9.17) is 5.73 Å². The Bertz CT molecular complexity index is 456. The van der Waals surface area contributed by atoms with Gasteiger partial charge in [-0.2, -0.15) is 0 Å². The first-order valence-corrected chi connectivity index (χ1v) is 6.76. The first kappa shape index (κ1) is 13.5. The number of hydrogen-bond donors (Lipinski definition) is 1. The zero-order valence-electron chi connectivity index (χ0n) is 10.2. The average molecular weight is 315 g/mol. The Balaban J connectivity index is 2.22. The van der Waals surface area contributed by atoms with Crippen molar-refractivity contribution in [2.75, 3.05) is 13.1 Å². The summed E-state index contributed by atoms with van der Waals surface area (Å²) in [6, 6.07) is 4.14. The van der Waals surface area contributed by atoms with Gasteiger partial charge in [0.2, 0.25) is 0 Å². The Morgan fingerprint density at radius 3 is 2.89 bits per heavy atom. The second-order valence-corrected chi connectivity index (χ2v) is 5.79. The highest BCUT2D eigenvalue weighted by Gasteiger charge is 2.27. The van der Waals surface area contributed by atoms with Crippen molar-refractivity contribution in [1.29, 1.82) is 0 Å². The molecule has 3 nitrogen and oxygen atoms in total. The summed E-state index contributed by atoms with van der Waals surface area (Å²) < 4.78 is 13.8. The van der Waals surface area contributed by atoms with Crippen molar-refractivity contribution in [2.24, 2.45) is 11.7 Å². The van der Waals surface area contributed by atoms with Gasteiger partial charge in [0.05, 0.1) is 5.56 Å². The average Bonchev–Trinajstić information content (AvgIpc) is 2.30. The summed E-state index contributed by atoms with van der Waals surface area (Å²) in [5, 5.41) is 0. The number of likely N-dealkylation sites (tertiary alicyclic amines) is 1. The molecular weight excluding hydrogens is 299 g/mol. The van der Waals surface area contributed by atoms with Crippen LogP contribution < -0.4 is 5.73 Å². The van der Waals surface area contributed by atoms with Crippen LogP contribution in [0.1, 0.15) is 23.7 Å². The SMILES string of the molecule is CC1CC(N)CN(C(=O)c2cc(F)ccc2Br)C1. The Morgan fingerprint density at radius 2 is 2.22 bits per heavy atom. The highest BCUT2D eigenvalue weighted by atomic mass is 79.9. The number of nitrogens with zero attached hydrogens (tertiary/aromatic N) is 1. The largest absolute Gasteiger partial charge is 0.337 e. The van der Waals surface area contributed by atoms with E-state index in [0.717, 1.165) is 6.42 Å². The van der Waals surface area contributed by atoms with Gasteiger partial charge in [-0.05, 0) is 46.5 Å². The van der Waals surface area contributed by atoms with Crippen LogP contribution in [-0.4, -0.2) is 29.9 Å². The lowest BCUT2D eigenvalue weighted by Gasteiger charge is -2.35. The molecule has 2 N–H and O–H groups in total. The van der Waals surface area contributed by atoms with Gasteiger partial charge < -0.3 is 10.6 Å². The number of nitrogens with two attached hydrogens (primary N) is 1. The number of halogens is 2. The molecule has 1 amide bonds. The molecule has 1 aliphatic heterocycles. The minimum absolute atomic E-state index is 0.00466. The van der Waals surface area contributed by atoms with Gasteiger partial charge in [-0.15, -0.1) is 0 Å². The molecule has 0 saturated carbocycles. The van der Waals surface area contributed by atoms with Gasteiger partial charge >= 0.3 is 0 Å². The Morgan fingerprint density at radius 1 is 1.50 bits per heavy atom. The van der Waals surface area contributed by atoms with Gasteiger partial charge in [0.15, 0.2) is 0 Å². The lowest BCUT2D eigenvalue weighted by molar-refractivity contribution is 0.0659. The molecule has 0 spiro atoms. The summed E-state index contributed by atoms with van der Waals surface area (Å²) in [4.78, 5) is 14.0. The molecule has 0 radical (unpaired) electrons. The van der Waals surface area contributed by atoms with E-state index < -0.39 is 5.82 Å². The summed E-state index contributed by atoms with van der Waals surface area (Å²) in [6.45, 7) is 3.28. The molecule has 5 heteroatoms. The second-order valence-electron chi connectivity index (χ2n) is 4.94. The molecule has 1 heterocycles. The Kier molecular flexibility index (Phi) is 4.02. The fourth-order valence-corrected chi connectivity index (χ4v) is 2.81. The predicted molar refractivity (Wildman–Crippen MR) is 71.8 cm³/mol. The van der Waals surface area contributed by atoms with E-state index in [-0.39, 0.29) is 11.9 Å². The van der Waals surface area contributed by atoms with Gasteiger partial charge in [-0.25, -0.2) is 4.39 Å². The quantitative estimate of drug-likeness (QED) is 0.865. The fourth-order valence-electron chi connectivity index (χ4n) is 2.40. The van der Waals surface area contributed by atoms with Gasteiger partial charge in [0, 0.05) is 23.6 Å². The molecule has 1 aromatic carbocycles. The van der Waals surface area contributed by atoms with E-state index in [1.807, 2.05) is 0 Å². The lowest BCUT2D eigenvalue weighted by Crippen LogP contribution is -2.48. The maximum Gasteiger partial charge on any atom is 0.255 e. The smallest absolute Gasteiger partial charge is 0.255 e. The summed E-state index contributed by atoms with van der Waals surface area (Å²) in [5.74, 6) is -0.190. The molecule has 98 valence electrons. The van der Waals surface area contributed by atoms with E-state index >= 15 is 0 Å². The van der Waals surface area contributed by atoms with Crippen LogP contribution in [0.2, 0.25) is 0 Å². The number of rotatable bonds is 1. The van der Waals surface area contributed by atoms with Crippen LogP contribution in [0.4, 0.5) is 4.39 Å². The van der Waals surface area contributed by atoms with Crippen LogP contribution in [0.5, 0.6) is 0 Å². The maximum absolute atomic E-state index is 13.2. The minimum atomic E-state index is -0.407. The summed E-state index contributed by atoms with van der Waals surface area (Å²) in [5.41, 5.74) is 6.28. The van der Waals surface area contributed by atoms with Crippen molar-refractivity contribution in [2.45, 2.75) is 19.4 Å². The number of benzene rings is 1. The molecule has 1 saturated heterocycles. The highest BCUT2D eigenvalue weighted by Crippen LogP contribution is 2.23. The predicted octanol–water partition coefficient (Wildman–Crippen LogP) is 2.40. The van der Waals surface area contributed by atoms with Crippen molar-refractivity contribution >= 4 is 21.8 Å². The third-order valence-corrected chi connectivity index (χ3v) is 3.83. The number of piperidine rings is 1. The van der Waals surface area contributed by atoms with Crippen LogP contribution in [0.25, 0.3) is 0 Å². The molecule has 18 heavy (non-hydrogen) atoms. The van der Waals surface area contributed by atoms with Crippen LogP contribution in [0.15, 0.2) is 22.7 Å². The number of amides is 1. The van der Waals surface area contributed by atoms with Gasteiger partial charge in [0.25, 0.3) is 5.91 Å². The molecule has 1 aliphatic rings. The van der Waals surface area contributed by atoms with E-state index in [0.29, 0.717) is 29.0 Å². The first-order chi connectivity index (χ1) is 8.47. The fraction of sp³-hybridized carbons (Fsp3) is 0.462. The molecule has 0 aromatic heterocycles. The van der Waals surface area contributed by atoms with Gasteiger partial charge in [-0.3, -0.25) is 4.79 Å². The first-order valence-electron chi connectivity index (χ1n) is 5.97. The van der Waals surface area contributed by atoms with Crippen molar-refractivity contribution in [3.8, 4) is 0 Å². The number of hydrogen-bond acceptors (Lipinski definition) is 2. The van der Waals surface area contributed by atoms with Crippen LogP contribution >= 0.6 is 15.9 Å². The highest BCUT2D eigenvalue weighted by molar-refractivity contribution is 9.10. The molecular formula is C13H16BrFN2O. The summed E-state index contributed by atoms with van der Waals surface area (Å²) in [7, 11) is 0. The van der Waals surface area contributed by atoms with Crippen LogP contribution in [0, 0.1) is 11.7 Å². The lowest BCUT2D eigenvalue weighted by atomic mass is 9.96. The minimum Gasteiger partial charge on any atom is -0.337 e. The maximum atomic E-state index is 13.2. The number of carbonyl (C=O) groups excluding carboxylic acids is 1. The van der Waals surface area contributed by atoms with E-state index in [1.54, 1.807) is 11.0 Å². The van der Waals surface area contributed by atoms with Crippen molar-refractivity contribution in [3.05, 3.63) is 34.1 Å². The molecule has 1 aromatic rings. The zero-order valence-corrected chi connectivity index (χ0v) is 11.8. The van der Waals surface area contributed by atoms with E-state index in [1.165, 1.54) is 12.1 Å². The van der Waals surface area contributed by atoms with E-state index in [9.17, 15) is 9.18 Å².